The number of hydrogen-bond donors (Lipinski definition) is 1. The Labute approximate surface area is 124 Å². The predicted octanol–water partition coefficient (Wildman–Crippen LogP) is 3.05. The van der Waals surface area contributed by atoms with Gasteiger partial charge < -0.3 is 10.2 Å². The zero-order chi connectivity index (χ0) is 14.5. The Kier molecular flexibility index (Phi) is 5.88. The lowest BCUT2D eigenvalue weighted by Crippen LogP contribution is -2.53. The van der Waals surface area contributed by atoms with Gasteiger partial charge >= 0.3 is 0 Å². The van der Waals surface area contributed by atoms with Gasteiger partial charge in [0.25, 0.3) is 0 Å². The van der Waals surface area contributed by atoms with Crippen molar-refractivity contribution in [3.8, 4) is 0 Å². The average molecular weight is 280 g/mol. The van der Waals surface area contributed by atoms with Crippen molar-refractivity contribution in [2.75, 3.05) is 19.6 Å². The van der Waals surface area contributed by atoms with Crippen LogP contribution in [0, 0.1) is 17.8 Å². The number of likely N-dealkylation sites (tertiary alicyclic amines) is 1. The highest BCUT2D eigenvalue weighted by Gasteiger charge is 2.31. The van der Waals surface area contributed by atoms with Gasteiger partial charge in [-0.1, -0.05) is 27.2 Å². The highest BCUT2D eigenvalue weighted by molar-refractivity contribution is 5.76. The van der Waals surface area contributed by atoms with Crippen molar-refractivity contribution < 1.29 is 4.79 Å². The zero-order valence-corrected chi connectivity index (χ0v) is 13.5. The number of carbonyl (C=O) groups excluding carboxylic acids is 1. The molecule has 1 saturated heterocycles. The molecule has 20 heavy (non-hydrogen) atoms. The van der Waals surface area contributed by atoms with E-state index < -0.39 is 0 Å². The fourth-order valence-corrected chi connectivity index (χ4v) is 3.37. The molecule has 0 aromatic carbocycles. The molecular formula is C17H32N2O. The first-order valence-electron chi connectivity index (χ1n) is 8.61. The van der Waals surface area contributed by atoms with Crippen LogP contribution in [0.5, 0.6) is 0 Å². The molecule has 0 spiro atoms. The van der Waals surface area contributed by atoms with Gasteiger partial charge in [-0.05, 0) is 50.0 Å². The third-order valence-corrected chi connectivity index (χ3v) is 5.16. The van der Waals surface area contributed by atoms with Gasteiger partial charge in [-0.2, -0.15) is 0 Å². The van der Waals surface area contributed by atoms with Crippen LogP contribution < -0.4 is 5.32 Å². The molecule has 2 fully saturated rings. The lowest BCUT2D eigenvalue weighted by atomic mass is 9.83. The van der Waals surface area contributed by atoms with E-state index in [0.717, 1.165) is 32.0 Å². The molecule has 1 aliphatic heterocycles. The molecule has 0 aromatic heterocycles. The molecule has 2 aliphatic rings. The maximum atomic E-state index is 12.2. The van der Waals surface area contributed by atoms with Crippen molar-refractivity contribution in [3.05, 3.63) is 0 Å². The van der Waals surface area contributed by atoms with E-state index in [-0.39, 0.29) is 0 Å². The van der Waals surface area contributed by atoms with E-state index in [1.54, 1.807) is 0 Å². The lowest BCUT2D eigenvalue weighted by Gasteiger charge is -2.41. The van der Waals surface area contributed by atoms with Crippen LogP contribution in [0.15, 0.2) is 0 Å². The molecule has 2 unspecified atom stereocenters. The Morgan fingerprint density at radius 3 is 2.60 bits per heavy atom. The van der Waals surface area contributed by atoms with Crippen LogP contribution in [-0.4, -0.2) is 36.5 Å². The molecule has 1 saturated carbocycles. The molecule has 0 radical (unpaired) electrons. The number of piperidine rings is 1. The van der Waals surface area contributed by atoms with Crippen LogP contribution in [-0.2, 0) is 4.79 Å². The van der Waals surface area contributed by atoms with Gasteiger partial charge in [0, 0.05) is 25.6 Å². The predicted molar refractivity (Wildman–Crippen MR) is 83.6 cm³/mol. The summed E-state index contributed by atoms with van der Waals surface area (Å²) in [5.74, 6) is 2.58. The topological polar surface area (TPSA) is 32.3 Å². The number of hydrogen-bond acceptors (Lipinski definition) is 2. The van der Waals surface area contributed by atoms with Crippen molar-refractivity contribution in [3.63, 3.8) is 0 Å². The number of rotatable bonds is 6. The molecule has 2 rings (SSSR count). The summed E-state index contributed by atoms with van der Waals surface area (Å²) in [6, 6.07) is 0.512. The fraction of sp³-hybridized carbons (Fsp3) is 0.941. The maximum Gasteiger partial charge on any atom is 0.222 e. The SMILES string of the molecule is CCCC(=O)N1CC(NCC2CCC2)CC(C(C)C)C1. The van der Waals surface area contributed by atoms with Crippen molar-refractivity contribution >= 4 is 5.91 Å². The average Bonchev–Trinajstić information content (AvgIpc) is 2.36. The molecule has 0 bridgehead atoms. The number of carbonyl (C=O) groups is 1. The quantitative estimate of drug-likeness (QED) is 0.811. The Bertz CT molecular complexity index is 312. The second-order valence-corrected chi connectivity index (χ2v) is 7.19. The highest BCUT2D eigenvalue weighted by atomic mass is 16.2. The molecule has 116 valence electrons. The van der Waals surface area contributed by atoms with E-state index in [1.807, 2.05) is 0 Å². The van der Waals surface area contributed by atoms with Gasteiger partial charge in [0.15, 0.2) is 0 Å². The van der Waals surface area contributed by atoms with Crippen LogP contribution in [0.1, 0.15) is 59.3 Å². The molecular weight excluding hydrogens is 248 g/mol. The van der Waals surface area contributed by atoms with E-state index >= 15 is 0 Å². The molecule has 0 aromatic rings. The normalized spacial score (nSPS) is 27.7. The van der Waals surface area contributed by atoms with Crippen LogP contribution in [0.25, 0.3) is 0 Å². The van der Waals surface area contributed by atoms with Crippen LogP contribution in [0.3, 0.4) is 0 Å². The maximum absolute atomic E-state index is 12.2. The standard InChI is InChI=1S/C17H32N2O/c1-4-6-17(20)19-11-15(13(2)3)9-16(12-19)18-10-14-7-5-8-14/h13-16,18H,4-12H2,1-3H3. The molecule has 3 heteroatoms. The monoisotopic (exact) mass is 280 g/mol. The van der Waals surface area contributed by atoms with E-state index in [1.165, 1.54) is 25.7 Å². The summed E-state index contributed by atoms with van der Waals surface area (Å²) in [6.07, 6.45) is 7.10. The summed E-state index contributed by atoms with van der Waals surface area (Å²) < 4.78 is 0. The molecule has 3 nitrogen and oxygen atoms in total. The minimum Gasteiger partial charge on any atom is -0.341 e. The largest absolute Gasteiger partial charge is 0.341 e. The fourth-order valence-electron chi connectivity index (χ4n) is 3.37. The first-order chi connectivity index (χ1) is 9.60. The Balaban J connectivity index is 1.87. The number of nitrogens with zero attached hydrogens (tertiary/aromatic N) is 1. The van der Waals surface area contributed by atoms with Gasteiger partial charge in [0.1, 0.15) is 0 Å². The van der Waals surface area contributed by atoms with E-state index in [4.69, 9.17) is 0 Å². The van der Waals surface area contributed by atoms with Gasteiger partial charge in [0.05, 0.1) is 0 Å². The van der Waals surface area contributed by atoms with Crippen molar-refractivity contribution in [2.24, 2.45) is 17.8 Å². The summed E-state index contributed by atoms with van der Waals surface area (Å²) in [5.41, 5.74) is 0. The molecule has 1 amide bonds. The minimum atomic E-state index is 0.355. The van der Waals surface area contributed by atoms with Crippen LogP contribution >= 0.6 is 0 Å². The van der Waals surface area contributed by atoms with Crippen LogP contribution in [0.4, 0.5) is 0 Å². The van der Waals surface area contributed by atoms with Crippen molar-refractivity contribution in [1.82, 2.24) is 10.2 Å². The van der Waals surface area contributed by atoms with E-state index in [9.17, 15) is 4.79 Å². The van der Waals surface area contributed by atoms with Gasteiger partial charge in [-0.15, -0.1) is 0 Å². The molecule has 2 atom stereocenters. The summed E-state index contributed by atoms with van der Waals surface area (Å²) >= 11 is 0. The molecule has 1 heterocycles. The number of amides is 1. The van der Waals surface area contributed by atoms with Crippen molar-refractivity contribution in [2.45, 2.75) is 65.3 Å². The smallest absolute Gasteiger partial charge is 0.222 e. The van der Waals surface area contributed by atoms with Crippen LogP contribution in [0.2, 0.25) is 0 Å². The first kappa shape index (κ1) is 15.8. The lowest BCUT2D eigenvalue weighted by molar-refractivity contribution is -0.134. The third-order valence-electron chi connectivity index (χ3n) is 5.16. The summed E-state index contributed by atoms with van der Waals surface area (Å²) in [5, 5.41) is 3.74. The van der Waals surface area contributed by atoms with Gasteiger partial charge in [0.2, 0.25) is 5.91 Å². The van der Waals surface area contributed by atoms with Crippen molar-refractivity contribution in [1.29, 1.82) is 0 Å². The summed E-state index contributed by atoms with van der Waals surface area (Å²) in [7, 11) is 0. The summed E-state index contributed by atoms with van der Waals surface area (Å²) in [6.45, 7) is 9.73. The Morgan fingerprint density at radius 1 is 1.30 bits per heavy atom. The van der Waals surface area contributed by atoms with Gasteiger partial charge in [-0.25, -0.2) is 0 Å². The molecule has 1 N–H and O–H groups in total. The second kappa shape index (κ2) is 7.44. The Morgan fingerprint density at radius 2 is 2.05 bits per heavy atom. The number of nitrogens with one attached hydrogen (secondary N) is 1. The molecule has 1 aliphatic carbocycles. The first-order valence-corrected chi connectivity index (χ1v) is 8.61. The second-order valence-electron chi connectivity index (χ2n) is 7.19. The van der Waals surface area contributed by atoms with Gasteiger partial charge in [-0.3, -0.25) is 4.79 Å². The minimum absolute atomic E-state index is 0.355. The third kappa shape index (κ3) is 4.21. The van der Waals surface area contributed by atoms with E-state index in [2.05, 4.69) is 31.0 Å². The zero-order valence-electron chi connectivity index (χ0n) is 13.5. The van der Waals surface area contributed by atoms with E-state index in [0.29, 0.717) is 30.2 Å². The summed E-state index contributed by atoms with van der Waals surface area (Å²) in [4.78, 5) is 14.3. The highest BCUT2D eigenvalue weighted by Crippen LogP contribution is 2.27. The Hall–Kier alpha value is -0.570.